The normalized spacial score (nSPS) is 17.4. The van der Waals surface area contributed by atoms with Gasteiger partial charge in [-0.2, -0.15) is 0 Å². The minimum Gasteiger partial charge on any atom is -0.493 e. The highest BCUT2D eigenvalue weighted by Gasteiger charge is 2.43. The van der Waals surface area contributed by atoms with Crippen LogP contribution in [-0.4, -0.2) is 48.0 Å². The lowest BCUT2D eigenvalue weighted by Gasteiger charge is -2.31. The molecule has 0 aliphatic carbocycles. The van der Waals surface area contributed by atoms with Crippen LogP contribution in [0.5, 0.6) is 11.5 Å². The number of benzene rings is 2. The summed E-state index contributed by atoms with van der Waals surface area (Å²) in [4.78, 5) is 41.2. The van der Waals surface area contributed by atoms with Gasteiger partial charge in [-0.15, -0.1) is 0 Å². The van der Waals surface area contributed by atoms with Crippen molar-refractivity contribution in [2.24, 2.45) is 5.92 Å². The van der Waals surface area contributed by atoms with E-state index in [2.05, 4.69) is 21.2 Å². The number of methoxy groups -OCH3 is 1. The highest BCUT2D eigenvalue weighted by atomic mass is 79.9. The molecule has 0 bridgehead atoms. The summed E-state index contributed by atoms with van der Waals surface area (Å²) in [6.07, 6.45) is -0.997. The Balaban J connectivity index is 2.13. The molecule has 2 atom stereocenters. The van der Waals surface area contributed by atoms with Crippen LogP contribution in [0.2, 0.25) is 5.02 Å². The van der Waals surface area contributed by atoms with E-state index in [1.807, 2.05) is 0 Å². The lowest BCUT2D eigenvalue weighted by atomic mass is 10.0. The van der Waals surface area contributed by atoms with Crippen LogP contribution in [0.4, 0.5) is 4.39 Å². The zero-order valence-corrected chi connectivity index (χ0v) is 24.4. The Hall–Kier alpha value is -2.85. The number of hydrogen-bond donors (Lipinski definition) is 1. The lowest BCUT2D eigenvalue weighted by molar-refractivity contribution is -0.155. The largest absolute Gasteiger partial charge is 0.493 e. The van der Waals surface area contributed by atoms with Crippen molar-refractivity contribution in [3.05, 3.63) is 56.8 Å². The van der Waals surface area contributed by atoms with Gasteiger partial charge in [0.2, 0.25) is 5.91 Å². The molecule has 206 valence electrons. The molecule has 0 fully saturated rings. The third-order valence-electron chi connectivity index (χ3n) is 5.68. The van der Waals surface area contributed by atoms with Gasteiger partial charge in [-0.3, -0.25) is 14.4 Å². The molecule has 38 heavy (non-hydrogen) atoms. The van der Waals surface area contributed by atoms with Crippen LogP contribution in [0.25, 0.3) is 0 Å². The van der Waals surface area contributed by atoms with Gasteiger partial charge in [0.05, 0.1) is 7.11 Å². The predicted octanol–water partition coefficient (Wildman–Crippen LogP) is 5.20. The number of carbonyl (C=O) groups is 3. The molecule has 0 radical (unpaired) electrons. The van der Waals surface area contributed by atoms with Gasteiger partial charge in [0.15, 0.2) is 17.6 Å². The highest BCUT2D eigenvalue weighted by molar-refractivity contribution is 9.10. The molecule has 2 aromatic rings. The van der Waals surface area contributed by atoms with Gasteiger partial charge < -0.3 is 24.4 Å². The molecule has 8 nitrogen and oxygen atoms in total. The fourth-order valence-corrected chi connectivity index (χ4v) is 4.66. The number of ether oxygens (including phenoxy) is 3. The molecule has 2 unspecified atom stereocenters. The molecule has 0 aromatic heterocycles. The first kappa shape index (κ1) is 29.7. The predicted molar refractivity (Wildman–Crippen MR) is 144 cm³/mol. The maximum atomic E-state index is 14.9. The van der Waals surface area contributed by atoms with E-state index in [4.69, 9.17) is 25.8 Å². The molecule has 3 rings (SSSR count). The first-order chi connectivity index (χ1) is 17.7. The molecule has 1 N–H and O–H groups in total. The first-order valence-electron chi connectivity index (χ1n) is 12.0. The quantitative estimate of drug-likeness (QED) is 0.432. The third-order valence-corrected chi connectivity index (χ3v) is 6.38. The average Bonchev–Trinajstić information content (AvgIpc) is 2.92. The van der Waals surface area contributed by atoms with Crippen molar-refractivity contribution < 1.29 is 33.0 Å². The summed E-state index contributed by atoms with van der Waals surface area (Å²) in [5, 5.41) is 2.77. The van der Waals surface area contributed by atoms with Gasteiger partial charge in [-0.25, -0.2) is 4.39 Å². The molecule has 2 amide bonds. The Labute approximate surface area is 234 Å². The van der Waals surface area contributed by atoms with Crippen molar-refractivity contribution in [2.75, 3.05) is 13.7 Å². The summed E-state index contributed by atoms with van der Waals surface area (Å²) in [5.74, 6) is -2.27. The third kappa shape index (κ3) is 6.96. The number of esters is 1. The van der Waals surface area contributed by atoms with Crippen molar-refractivity contribution in [3.63, 3.8) is 0 Å². The first-order valence-corrected chi connectivity index (χ1v) is 13.2. The lowest BCUT2D eigenvalue weighted by Crippen LogP contribution is -2.48. The molecular formula is C27H31BrClFN2O6. The fourth-order valence-electron chi connectivity index (χ4n) is 4.05. The molecule has 1 aliphatic heterocycles. The standard InChI is InChI=1S/C27H31BrClFN2O6/c1-14(2)23-26(35)32(13-15-7-8-17(29)11-19(15)30)22(25(34)31-12-21(33)38-27(3,4)5)18-9-16(28)10-20(36-6)24(18)37-23/h7-11,14,22-23H,12-13H2,1-6H3,(H,31,34). The van der Waals surface area contributed by atoms with Crippen LogP contribution in [0, 0.1) is 11.7 Å². The van der Waals surface area contributed by atoms with Crippen LogP contribution in [0.3, 0.4) is 0 Å². The Bertz CT molecular complexity index is 1230. The molecule has 0 spiro atoms. The molecule has 0 saturated carbocycles. The molecule has 0 saturated heterocycles. The Kier molecular flexibility index (Phi) is 9.30. The van der Waals surface area contributed by atoms with Gasteiger partial charge in [-0.1, -0.05) is 47.4 Å². The second-order valence-electron chi connectivity index (χ2n) is 10.2. The number of carbonyl (C=O) groups excluding carboxylic acids is 3. The zero-order chi connectivity index (χ0) is 28.4. The number of halogens is 3. The van der Waals surface area contributed by atoms with E-state index in [0.717, 1.165) is 6.07 Å². The second kappa shape index (κ2) is 11.9. The Morgan fingerprint density at radius 1 is 1.24 bits per heavy atom. The van der Waals surface area contributed by atoms with Crippen LogP contribution in [0.15, 0.2) is 34.8 Å². The molecular weight excluding hydrogens is 583 g/mol. The molecule has 11 heteroatoms. The fraction of sp³-hybridized carbons (Fsp3) is 0.444. The van der Waals surface area contributed by atoms with E-state index in [0.29, 0.717) is 15.8 Å². The van der Waals surface area contributed by atoms with Crippen molar-refractivity contribution in [1.82, 2.24) is 10.2 Å². The molecule has 2 aromatic carbocycles. The number of rotatable bonds is 7. The van der Waals surface area contributed by atoms with Crippen molar-refractivity contribution in [1.29, 1.82) is 0 Å². The van der Waals surface area contributed by atoms with Crippen LogP contribution >= 0.6 is 27.5 Å². The summed E-state index contributed by atoms with van der Waals surface area (Å²) in [6.45, 7) is 8.05. The van der Waals surface area contributed by atoms with E-state index >= 15 is 0 Å². The van der Waals surface area contributed by atoms with E-state index in [1.54, 1.807) is 46.8 Å². The SMILES string of the molecule is COc1cc(Br)cc2c1OC(C(C)C)C(=O)N(Cc1ccc(Cl)cc1F)C2C(=O)NCC(=O)OC(C)(C)C. The summed E-state index contributed by atoms with van der Waals surface area (Å²) >= 11 is 9.35. The minimum atomic E-state index is -1.29. The van der Waals surface area contributed by atoms with E-state index < -0.39 is 47.9 Å². The van der Waals surface area contributed by atoms with Crippen LogP contribution < -0.4 is 14.8 Å². The van der Waals surface area contributed by atoms with E-state index in [1.165, 1.54) is 24.1 Å². The Morgan fingerprint density at radius 2 is 1.92 bits per heavy atom. The molecule has 1 heterocycles. The van der Waals surface area contributed by atoms with Crippen LogP contribution in [0.1, 0.15) is 51.8 Å². The van der Waals surface area contributed by atoms with Gasteiger partial charge >= 0.3 is 5.97 Å². The number of nitrogens with one attached hydrogen (secondary N) is 1. The van der Waals surface area contributed by atoms with Crippen molar-refractivity contribution >= 4 is 45.3 Å². The summed E-state index contributed by atoms with van der Waals surface area (Å²) in [7, 11) is 1.45. The van der Waals surface area contributed by atoms with Crippen molar-refractivity contribution in [3.8, 4) is 11.5 Å². The average molecular weight is 614 g/mol. The van der Waals surface area contributed by atoms with Gasteiger partial charge in [-0.05, 0) is 51.0 Å². The maximum Gasteiger partial charge on any atom is 0.325 e. The number of fused-ring (bicyclic) bond motifs is 1. The summed E-state index contributed by atoms with van der Waals surface area (Å²) in [5.41, 5.74) is -0.286. The monoisotopic (exact) mass is 612 g/mol. The Morgan fingerprint density at radius 3 is 2.50 bits per heavy atom. The van der Waals surface area contributed by atoms with Crippen molar-refractivity contribution in [2.45, 2.75) is 58.9 Å². The van der Waals surface area contributed by atoms with Gasteiger partial charge in [0.1, 0.15) is 24.0 Å². The number of hydrogen-bond acceptors (Lipinski definition) is 6. The molecule has 1 aliphatic rings. The van der Waals surface area contributed by atoms with E-state index in [9.17, 15) is 18.8 Å². The number of nitrogens with zero attached hydrogens (tertiary/aromatic N) is 1. The highest BCUT2D eigenvalue weighted by Crippen LogP contribution is 2.44. The smallest absolute Gasteiger partial charge is 0.325 e. The minimum absolute atomic E-state index is 0.153. The summed E-state index contributed by atoms with van der Waals surface area (Å²) in [6, 6.07) is 6.11. The zero-order valence-electron chi connectivity index (χ0n) is 22.1. The number of amides is 2. The second-order valence-corrected chi connectivity index (χ2v) is 11.6. The summed E-state index contributed by atoms with van der Waals surface area (Å²) < 4.78 is 32.4. The topological polar surface area (TPSA) is 94.2 Å². The van der Waals surface area contributed by atoms with Crippen LogP contribution in [-0.2, 0) is 25.7 Å². The maximum absolute atomic E-state index is 14.9. The van der Waals surface area contributed by atoms with E-state index in [-0.39, 0.29) is 28.8 Å². The van der Waals surface area contributed by atoms with Gasteiger partial charge in [0.25, 0.3) is 5.91 Å². The van der Waals surface area contributed by atoms with Gasteiger partial charge in [0, 0.05) is 27.2 Å².